The fraction of sp³-hybridized carbons (Fsp3) is 0.364. The van der Waals surface area contributed by atoms with E-state index in [9.17, 15) is 4.79 Å². The quantitative estimate of drug-likeness (QED) is 0.691. The molecule has 0 spiro atoms. The summed E-state index contributed by atoms with van der Waals surface area (Å²) in [4.78, 5) is 22.4. The van der Waals surface area contributed by atoms with E-state index in [-0.39, 0.29) is 11.8 Å². The molecule has 0 saturated heterocycles. The van der Waals surface area contributed by atoms with Crippen molar-refractivity contribution in [3.8, 4) is 5.75 Å². The molecule has 2 N–H and O–H groups in total. The summed E-state index contributed by atoms with van der Waals surface area (Å²) in [5.74, 6) is 1.45. The molecule has 0 saturated carbocycles. The minimum Gasteiger partial charge on any atom is -0.497 e. The lowest BCUT2D eigenvalue weighted by molar-refractivity contribution is -0.119. The van der Waals surface area contributed by atoms with Crippen LogP contribution in [0.15, 0.2) is 42.6 Å². The molecule has 3 aromatic rings. The third-order valence-corrected chi connectivity index (χ3v) is 5.18. The number of methoxy groups -OCH3 is 1. The Morgan fingerprint density at radius 2 is 2.21 bits per heavy atom. The van der Waals surface area contributed by atoms with Gasteiger partial charge in [0.25, 0.3) is 0 Å². The van der Waals surface area contributed by atoms with Gasteiger partial charge in [-0.15, -0.1) is 0 Å². The fourth-order valence-corrected chi connectivity index (χ4v) is 3.77. The van der Waals surface area contributed by atoms with Gasteiger partial charge in [0.05, 0.1) is 13.7 Å². The number of anilines is 1. The van der Waals surface area contributed by atoms with Gasteiger partial charge in [-0.05, 0) is 47.9 Å². The lowest BCUT2D eigenvalue weighted by Gasteiger charge is -2.20. The average molecular weight is 378 g/mol. The second-order valence-corrected chi connectivity index (χ2v) is 7.72. The van der Waals surface area contributed by atoms with E-state index in [4.69, 9.17) is 4.74 Å². The largest absolute Gasteiger partial charge is 0.497 e. The molecule has 0 radical (unpaired) electrons. The summed E-state index contributed by atoms with van der Waals surface area (Å²) < 4.78 is 5.44. The van der Waals surface area contributed by atoms with Crippen LogP contribution in [-0.4, -0.2) is 42.6 Å². The summed E-state index contributed by atoms with van der Waals surface area (Å²) in [5.41, 5.74) is 4.24. The standard InChI is InChI=1S/C22H26N4O2/c1-14(2)11-24-21(27)13-26-12-18(17-10-16(28-3)6-7-20(17)26)19-9-15-5-4-8-23-22(15)25-19/h4-10,14,18H,11-13H2,1-3H3,(H,23,25)(H,24,27). The minimum atomic E-state index is 0.0504. The first-order valence-corrected chi connectivity index (χ1v) is 9.68. The number of amides is 1. The SMILES string of the molecule is COc1ccc2c(c1)C(c1cc3cccnc3[nH]1)CN2CC(=O)NCC(C)C. The van der Waals surface area contributed by atoms with E-state index >= 15 is 0 Å². The van der Waals surface area contributed by atoms with Crippen molar-refractivity contribution >= 4 is 22.6 Å². The summed E-state index contributed by atoms with van der Waals surface area (Å²) in [6, 6.07) is 12.2. The molecule has 0 aliphatic carbocycles. The second kappa shape index (κ2) is 7.54. The summed E-state index contributed by atoms with van der Waals surface area (Å²) in [6.45, 7) is 5.97. The molecule has 1 atom stereocenters. The van der Waals surface area contributed by atoms with Gasteiger partial charge in [0.1, 0.15) is 11.4 Å². The molecule has 6 nitrogen and oxygen atoms in total. The number of rotatable bonds is 6. The number of pyridine rings is 1. The van der Waals surface area contributed by atoms with Crippen molar-refractivity contribution in [1.29, 1.82) is 0 Å². The molecule has 28 heavy (non-hydrogen) atoms. The molecule has 3 heterocycles. The van der Waals surface area contributed by atoms with E-state index in [2.05, 4.69) is 52.2 Å². The lowest BCUT2D eigenvalue weighted by Crippen LogP contribution is -2.38. The normalized spacial score (nSPS) is 15.9. The molecular formula is C22H26N4O2. The maximum atomic E-state index is 12.4. The topological polar surface area (TPSA) is 70.2 Å². The third-order valence-electron chi connectivity index (χ3n) is 5.18. The second-order valence-electron chi connectivity index (χ2n) is 7.72. The predicted octanol–water partition coefficient (Wildman–Crippen LogP) is 3.30. The Morgan fingerprint density at radius 3 is 2.96 bits per heavy atom. The van der Waals surface area contributed by atoms with Crippen molar-refractivity contribution in [3.63, 3.8) is 0 Å². The number of H-pyrrole nitrogens is 1. The third kappa shape index (κ3) is 3.54. The summed E-state index contributed by atoms with van der Waals surface area (Å²) >= 11 is 0. The van der Waals surface area contributed by atoms with E-state index in [1.807, 2.05) is 18.2 Å². The van der Waals surface area contributed by atoms with Crippen LogP contribution in [0.25, 0.3) is 11.0 Å². The summed E-state index contributed by atoms with van der Waals surface area (Å²) in [6.07, 6.45) is 1.79. The Labute approximate surface area is 164 Å². The highest BCUT2D eigenvalue weighted by Gasteiger charge is 2.32. The number of carbonyl (C=O) groups excluding carboxylic acids is 1. The van der Waals surface area contributed by atoms with Gasteiger partial charge in [-0.2, -0.15) is 0 Å². The number of nitrogens with one attached hydrogen (secondary N) is 2. The molecule has 4 rings (SSSR count). The van der Waals surface area contributed by atoms with Gasteiger partial charge in [-0.1, -0.05) is 13.8 Å². The highest BCUT2D eigenvalue weighted by atomic mass is 16.5. The molecule has 1 aromatic carbocycles. The Hall–Kier alpha value is -3.02. The number of aromatic amines is 1. The van der Waals surface area contributed by atoms with E-state index in [1.54, 1.807) is 13.3 Å². The van der Waals surface area contributed by atoms with Gasteiger partial charge in [-0.3, -0.25) is 4.79 Å². The number of carbonyl (C=O) groups is 1. The molecular weight excluding hydrogens is 352 g/mol. The van der Waals surface area contributed by atoms with Crippen LogP contribution < -0.4 is 15.0 Å². The minimum absolute atomic E-state index is 0.0504. The molecule has 1 aliphatic rings. The van der Waals surface area contributed by atoms with Crippen LogP contribution in [-0.2, 0) is 4.79 Å². The molecule has 1 amide bonds. The fourth-order valence-electron chi connectivity index (χ4n) is 3.77. The zero-order valence-corrected chi connectivity index (χ0v) is 16.5. The predicted molar refractivity (Wildman–Crippen MR) is 111 cm³/mol. The molecule has 1 unspecified atom stereocenters. The van der Waals surface area contributed by atoms with Gasteiger partial charge < -0.3 is 19.9 Å². The number of hydrogen-bond acceptors (Lipinski definition) is 4. The molecule has 1 aliphatic heterocycles. The van der Waals surface area contributed by atoms with E-state index in [1.165, 1.54) is 5.56 Å². The van der Waals surface area contributed by atoms with Crippen molar-refractivity contribution in [2.24, 2.45) is 5.92 Å². The van der Waals surface area contributed by atoms with Crippen molar-refractivity contribution in [2.75, 3.05) is 31.6 Å². The van der Waals surface area contributed by atoms with Crippen LogP contribution in [0, 0.1) is 5.92 Å². The van der Waals surface area contributed by atoms with Crippen LogP contribution in [0.4, 0.5) is 5.69 Å². The van der Waals surface area contributed by atoms with Gasteiger partial charge in [-0.25, -0.2) is 4.98 Å². The average Bonchev–Trinajstić information content (AvgIpc) is 3.27. The first-order valence-electron chi connectivity index (χ1n) is 9.68. The van der Waals surface area contributed by atoms with Gasteiger partial charge in [0, 0.05) is 42.0 Å². The zero-order valence-electron chi connectivity index (χ0n) is 16.5. The van der Waals surface area contributed by atoms with Crippen molar-refractivity contribution < 1.29 is 9.53 Å². The Kier molecular flexibility index (Phi) is 4.94. The van der Waals surface area contributed by atoms with E-state index < -0.39 is 0 Å². The number of ether oxygens (including phenoxy) is 1. The summed E-state index contributed by atoms with van der Waals surface area (Å²) in [5, 5.41) is 4.11. The monoisotopic (exact) mass is 378 g/mol. The Bertz CT molecular complexity index is 962. The zero-order chi connectivity index (χ0) is 19.7. The maximum absolute atomic E-state index is 12.4. The van der Waals surface area contributed by atoms with Crippen molar-refractivity contribution in [3.05, 3.63) is 53.9 Å². The number of aromatic nitrogens is 2. The number of fused-ring (bicyclic) bond motifs is 2. The molecule has 6 heteroatoms. The lowest BCUT2D eigenvalue weighted by atomic mass is 9.97. The van der Waals surface area contributed by atoms with Gasteiger partial charge in [0.2, 0.25) is 5.91 Å². The highest BCUT2D eigenvalue weighted by Crippen LogP contribution is 2.42. The van der Waals surface area contributed by atoms with Gasteiger partial charge >= 0.3 is 0 Å². The van der Waals surface area contributed by atoms with Crippen molar-refractivity contribution in [1.82, 2.24) is 15.3 Å². The van der Waals surface area contributed by atoms with Crippen LogP contribution in [0.1, 0.15) is 31.0 Å². The molecule has 2 aromatic heterocycles. The van der Waals surface area contributed by atoms with Gasteiger partial charge in [0.15, 0.2) is 0 Å². The maximum Gasteiger partial charge on any atom is 0.239 e. The van der Waals surface area contributed by atoms with E-state index in [0.29, 0.717) is 19.0 Å². The number of hydrogen-bond donors (Lipinski definition) is 2. The number of nitrogens with zero attached hydrogens (tertiary/aromatic N) is 2. The summed E-state index contributed by atoms with van der Waals surface area (Å²) in [7, 11) is 1.68. The van der Waals surface area contributed by atoms with Crippen LogP contribution >= 0.6 is 0 Å². The number of benzene rings is 1. The van der Waals surface area contributed by atoms with Crippen molar-refractivity contribution in [2.45, 2.75) is 19.8 Å². The molecule has 0 fully saturated rings. The van der Waals surface area contributed by atoms with Crippen LogP contribution in [0.5, 0.6) is 5.75 Å². The van der Waals surface area contributed by atoms with Crippen LogP contribution in [0.2, 0.25) is 0 Å². The molecule has 0 bridgehead atoms. The molecule has 146 valence electrons. The first-order chi connectivity index (χ1) is 13.5. The Morgan fingerprint density at radius 1 is 1.36 bits per heavy atom. The smallest absolute Gasteiger partial charge is 0.239 e. The first kappa shape index (κ1) is 18.3. The van der Waals surface area contributed by atoms with E-state index in [0.717, 1.165) is 34.7 Å². The van der Waals surface area contributed by atoms with Crippen LogP contribution in [0.3, 0.4) is 0 Å². The highest BCUT2D eigenvalue weighted by molar-refractivity contribution is 5.83. The Balaban J connectivity index is 1.64.